The maximum absolute atomic E-state index is 5.63. The van der Waals surface area contributed by atoms with Crippen molar-refractivity contribution >= 4 is 0 Å². The lowest BCUT2D eigenvalue weighted by Gasteiger charge is -2.25. The van der Waals surface area contributed by atoms with Gasteiger partial charge in [-0.3, -0.25) is 11.3 Å². The molecule has 2 atom stereocenters. The molecular weight excluding hydrogens is 224 g/mol. The highest BCUT2D eigenvalue weighted by molar-refractivity contribution is 4.74. The van der Waals surface area contributed by atoms with Crippen molar-refractivity contribution in [1.29, 1.82) is 0 Å². The van der Waals surface area contributed by atoms with E-state index in [1.807, 2.05) is 0 Å². The van der Waals surface area contributed by atoms with Crippen LogP contribution in [0.5, 0.6) is 0 Å². The fourth-order valence-corrected chi connectivity index (χ4v) is 2.47. The monoisotopic (exact) mass is 258 g/mol. The van der Waals surface area contributed by atoms with Crippen LogP contribution in [-0.4, -0.2) is 19.3 Å². The summed E-state index contributed by atoms with van der Waals surface area (Å²) in [5, 5.41) is 0. The molecule has 0 saturated heterocycles. The lowest BCUT2D eigenvalue weighted by Crippen LogP contribution is -2.44. The molecule has 0 aliphatic heterocycles. The van der Waals surface area contributed by atoms with Gasteiger partial charge in [-0.15, -0.1) is 0 Å². The Hall–Kier alpha value is -0.120. The summed E-state index contributed by atoms with van der Waals surface area (Å²) in [5.74, 6) is 5.63. The van der Waals surface area contributed by atoms with Crippen LogP contribution in [0.1, 0.15) is 78.1 Å². The fraction of sp³-hybridized carbons (Fsp3) is 1.00. The summed E-state index contributed by atoms with van der Waals surface area (Å²) in [6, 6.07) is 0.311. The van der Waals surface area contributed by atoms with Gasteiger partial charge in [0.25, 0.3) is 0 Å². The van der Waals surface area contributed by atoms with Gasteiger partial charge in [-0.1, -0.05) is 65.2 Å². The number of nitrogens with one attached hydrogen (secondary N) is 1. The maximum atomic E-state index is 5.63. The molecule has 0 spiro atoms. The molecule has 18 heavy (non-hydrogen) atoms. The number of unbranched alkanes of at least 4 members (excludes halogenated alkanes) is 6. The van der Waals surface area contributed by atoms with Crippen LogP contribution in [-0.2, 0) is 4.74 Å². The van der Waals surface area contributed by atoms with Gasteiger partial charge >= 0.3 is 0 Å². The standard InChI is InChI=1S/C15H34N2O/c1-4-6-7-8-9-10-11-13-14(17-16)15(18-3)12-5-2/h14-15,17H,4-13,16H2,1-3H3. The summed E-state index contributed by atoms with van der Waals surface area (Å²) >= 11 is 0. The number of methoxy groups -OCH3 is 1. The van der Waals surface area contributed by atoms with E-state index in [0.29, 0.717) is 6.04 Å². The molecule has 0 radical (unpaired) electrons. The summed E-state index contributed by atoms with van der Waals surface area (Å²) in [7, 11) is 1.79. The molecular formula is C15H34N2O. The van der Waals surface area contributed by atoms with Gasteiger partial charge in [0, 0.05) is 13.2 Å². The number of hydrazine groups is 1. The number of hydrogen-bond acceptors (Lipinski definition) is 3. The minimum Gasteiger partial charge on any atom is -0.380 e. The van der Waals surface area contributed by atoms with E-state index >= 15 is 0 Å². The van der Waals surface area contributed by atoms with E-state index in [1.165, 1.54) is 44.9 Å². The minimum atomic E-state index is 0.264. The molecule has 2 unspecified atom stereocenters. The second-order valence-electron chi connectivity index (χ2n) is 5.25. The van der Waals surface area contributed by atoms with Crippen LogP contribution in [0, 0.1) is 0 Å². The highest BCUT2D eigenvalue weighted by Gasteiger charge is 2.18. The van der Waals surface area contributed by atoms with E-state index in [9.17, 15) is 0 Å². The maximum Gasteiger partial charge on any atom is 0.0737 e. The zero-order valence-corrected chi connectivity index (χ0v) is 12.7. The molecule has 0 saturated carbocycles. The predicted octanol–water partition coefficient (Wildman–Crippen LogP) is 3.77. The first-order valence-corrected chi connectivity index (χ1v) is 7.79. The predicted molar refractivity (Wildman–Crippen MR) is 79.4 cm³/mol. The molecule has 0 bridgehead atoms. The average molecular weight is 258 g/mol. The molecule has 0 fully saturated rings. The molecule has 0 rings (SSSR count). The second kappa shape index (κ2) is 13.3. The van der Waals surface area contributed by atoms with Crippen LogP contribution in [0.4, 0.5) is 0 Å². The van der Waals surface area contributed by atoms with E-state index in [2.05, 4.69) is 19.3 Å². The van der Waals surface area contributed by atoms with Gasteiger partial charge in [-0.05, 0) is 12.8 Å². The van der Waals surface area contributed by atoms with Crippen molar-refractivity contribution in [3.63, 3.8) is 0 Å². The van der Waals surface area contributed by atoms with Crippen molar-refractivity contribution < 1.29 is 4.74 Å². The molecule has 0 heterocycles. The zero-order chi connectivity index (χ0) is 13.6. The molecule has 3 nitrogen and oxygen atoms in total. The van der Waals surface area contributed by atoms with Crippen LogP contribution in [0.15, 0.2) is 0 Å². The summed E-state index contributed by atoms with van der Waals surface area (Å²) in [6.07, 6.45) is 13.1. The van der Waals surface area contributed by atoms with Crippen molar-refractivity contribution in [3.8, 4) is 0 Å². The topological polar surface area (TPSA) is 47.3 Å². The first kappa shape index (κ1) is 17.9. The third-order valence-corrected chi connectivity index (χ3v) is 3.66. The van der Waals surface area contributed by atoms with Crippen LogP contribution in [0.3, 0.4) is 0 Å². The Labute approximate surface area is 114 Å². The molecule has 0 aromatic rings. The second-order valence-corrected chi connectivity index (χ2v) is 5.25. The van der Waals surface area contributed by atoms with Crippen molar-refractivity contribution in [2.75, 3.05) is 7.11 Å². The Morgan fingerprint density at radius 3 is 2.00 bits per heavy atom. The third-order valence-electron chi connectivity index (χ3n) is 3.66. The summed E-state index contributed by atoms with van der Waals surface area (Å²) in [5.41, 5.74) is 2.92. The van der Waals surface area contributed by atoms with Gasteiger partial charge in [-0.25, -0.2) is 0 Å². The Bertz CT molecular complexity index is 165. The molecule has 0 aromatic heterocycles. The third kappa shape index (κ3) is 8.90. The SMILES string of the molecule is CCCCCCCCCC(NN)C(CCC)OC. The molecule has 3 N–H and O–H groups in total. The van der Waals surface area contributed by atoms with Crippen molar-refractivity contribution in [1.82, 2.24) is 5.43 Å². The first-order chi connectivity index (χ1) is 8.79. The molecule has 0 amide bonds. The van der Waals surface area contributed by atoms with Gasteiger partial charge in [0.05, 0.1) is 6.10 Å². The van der Waals surface area contributed by atoms with Gasteiger partial charge in [0.1, 0.15) is 0 Å². The number of rotatable bonds is 13. The van der Waals surface area contributed by atoms with E-state index in [1.54, 1.807) is 7.11 Å². The highest BCUT2D eigenvalue weighted by atomic mass is 16.5. The van der Waals surface area contributed by atoms with Crippen molar-refractivity contribution in [2.24, 2.45) is 5.84 Å². The van der Waals surface area contributed by atoms with Gasteiger partial charge in [0.15, 0.2) is 0 Å². The van der Waals surface area contributed by atoms with E-state index < -0.39 is 0 Å². The smallest absolute Gasteiger partial charge is 0.0737 e. The Balaban J connectivity index is 3.59. The van der Waals surface area contributed by atoms with Crippen LogP contribution < -0.4 is 11.3 Å². The Morgan fingerprint density at radius 2 is 1.50 bits per heavy atom. The lowest BCUT2D eigenvalue weighted by molar-refractivity contribution is 0.0572. The largest absolute Gasteiger partial charge is 0.380 e. The van der Waals surface area contributed by atoms with E-state index in [-0.39, 0.29) is 6.10 Å². The summed E-state index contributed by atoms with van der Waals surface area (Å²) in [4.78, 5) is 0. The zero-order valence-electron chi connectivity index (χ0n) is 12.7. The van der Waals surface area contributed by atoms with Gasteiger partial charge in [-0.2, -0.15) is 0 Å². The first-order valence-electron chi connectivity index (χ1n) is 7.79. The molecule has 0 aliphatic rings. The van der Waals surface area contributed by atoms with Crippen molar-refractivity contribution in [3.05, 3.63) is 0 Å². The number of nitrogens with two attached hydrogens (primary N) is 1. The Morgan fingerprint density at radius 1 is 0.889 bits per heavy atom. The quantitative estimate of drug-likeness (QED) is 0.300. The molecule has 0 aliphatic carbocycles. The van der Waals surface area contributed by atoms with Crippen LogP contribution in [0.2, 0.25) is 0 Å². The molecule has 110 valence electrons. The lowest BCUT2D eigenvalue weighted by atomic mass is 9.99. The normalized spacial score (nSPS) is 14.7. The van der Waals surface area contributed by atoms with E-state index in [0.717, 1.165) is 19.3 Å². The van der Waals surface area contributed by atoms with E-state index in [4.69, 9.17) is 10.6 Å². The number of ether oxygens (including phenoxy) is 1. The van der Waals surface area contributed by atoms with Crippen LogP contribution in [0.25, 0.3) is 0 Å². The van der Waals surface area contributed by atoms with Crippen LogP contribution >= 0.6 is 0 Å². The number of hydrogen-bond donors (Lipinski definition) is 2. The summed E-state index contributed by atoms with van der Waals surface area (Å²) < 4.78 is 5.51. The fourth-order valence-electron chi connectivity index (χ4n) is 2.47. The minimum absolute atomic E-state index is 0.264. The van der Waals surface area contributed by atoms with Gasteiger partial charge < -0.3 is 4.74 Å². The average Bonchev–Trinajstić information content (AvgIpc) is 2.40. The van der Waals surface area contributed by atoms with Crippen molar-refractivity contribution in [2.45, 2.75) is 90.2 Å². The molecule has 0 aromatic carbocycles. The summed E-state index contributed by atoms with van der Waals surface area (Å²) in [6.45, 7) is 4.45. The van der Waals surface area contributed by atoms with Gasteiger partial charge in [0.2, 0.25) is 0 Å². The highest BCUT2D eigenvalue weighted by Crippen LogP contribution is 2.14. The Kier molecular flexibility index (Phi) is 13.2. The molecule has 3 heteroatoms.